The van der Waals surface area contributed by atoms with E-state index in [0.717, 1.165) is 16.7 Å². The molecule has 0 amide bonds. The van der Waals surface area contributed by atoms with Gasteiger partial charge in [-0.3, -0.25) is 5.32 Å². The molecule has 0 aromatic heterocycles. The molecule has 176 valence electrons. The van der Waals surface area contributed by atoms with Gasteiger partial charge in [0.25, 0.3) is 0 Å². The van der Waals surface area contributed by atoms with Crippen molar-refractivity contribution in [1.29, 1.82) is 0 Å². The van der Waals surface area contributed by atoms with E-state index in [0.29, 0.717) is 6.42 Å². The first-order valence-corrected chi connectivity index (χ1v) is 11.9. The number of carboxylic acid groups (broad SMARTS) is 1. The molecule has 0 unspecified atom stereocenters. The monoisotopic (exact) mass is 446 g/mol. The van der Waals surface area contributed by atoms with Crippen LogP contribution in [-0.2, 0) is 10.3 Å². The van der Waals surface area contributed by atoms with Gasteiger partial charge < -0.3 is 15.2 Å². The molecule has 0 spiro atoms. The van der Waals surface area contributed by atoms with Gasteiger partial charge >= 0.3 is 0 Å². The molecule has 0 heterocycles. The molecule has 4 nitrogen and oxygen atoms in total. The van der Waals surface area contributed by atoms with Gasteiger partial charge in [0.1, 0.15) is 0 Å². The van der Waals surface area contributed by atoms with Crippen LogP contribution in [0.15, 0.2) is 91.0 Å². The molecule has 0 bridgehead atoms. The van der Waals surface area contributed by atoms with Gasteiger partial charge in [0.05, 0.1) is 24.6 Å². The largest absolute Gasteiger partial charge is 0.548 e. The van der Waals surface area contributed by atoms with E-state index in [1.54, 1.807) is 0 Å². The summed E-state index contributed by atoms with van der Waals surface area (Å²) in [6, 6.07) is 29.2. The van der Waals surface area contributed by atoms with Crippen molar-refractivity contribution in [1.82, 2.24) is 5.32 Å². The van der Waals surface area contributed by atoms with E-state index in [1.807, 2.05) is 105 Å². The maximum atomic E-state index is 12.0. The summed E-state index contributed by atoms with van der Waals surface area (Å²) >= 11 is 0. The molecule has 4 heteroatoms. The van der Waals surface area contributed by atoms with Crippen molar-refractivity contribution in [2.45, 2.75) is 45.7 Å². The average molecular weight is 447 g/mol. The second kappa shape index (κ2) is 13.6. The zero-order valence-electron chi connectivity index (χ0n) is 20.3. The van der Waals surface area contributed by atoms with Gasteiger partial charge in [0.15, 0.2) is 0 Å². The number of carboxylic acids is 1. The van der Waals surface area contributed by atoms with Crippen molar-refractivity contribution in [3.8, 4) is 0 Å². The summed E-state index contributed by atoms with van der Waals surface area (Å²) in [4.78, 5) is 12.0. The minimum Gasteiger partial charge on any atom is -0.548 e. The van der Waals surface area contributed by atoms with Crippen molar-refractivity contribution >= 4 is 5.97 Å². The highest BCUT2D eigenvalue weighted by molar-refractivity contribution is 5.72. The lowest BCUT2D eigenvalue weighted by molar-refractivity contribution is -0.648. The first kappa shape index (κ1) is 26.3. The molecule has 3 aromatic carbocycles. The number of hydrogen-bond acceptors (Lipinski definition) is 3. The third-order valence-electron chi connectivity index (χ3n) is 5.58. The highest BCUT2D eigenvalue weighted by Crippen LogP contribution is 2.37. The molecule has 3 rings (SSSR count). The Morgan fingerprint density at radius 2 is 1.15 bits per heavy atom. The Labute approximate surface area is 199 Å². The minimum absolute atomic E-state index is 0.218. The van der Waals surface area contributed by atoms with E-state index < -0.39 is 17.6 Å². The quantitative estimate of drug-likeness (QED) is 0.470. The summed E-state index contributed by atoms with van der Waals surface area (Å²) in [6.45, 7) is 10.8. The number of rotatable bonds is 10. The van der Waals surface area contributed by atoms with Crippen LogP contribution < -0.4 is 15.7 Å². The second-order valence-corrected chi connectivity index (χ2v) is 8.60. The van der Waals surface area contributed by atoms with Gasteiger partial charge in [0, 0.05) is 6.04 Å². The van der Waals surface area contributed by atoms with Crippen LogP contribution in [0, 0.1) is 5.92 Å². The first-order valence-electron chi connectivity index (χ1n) is 11.9. The molecular formula is C29H38N2O2. The highest BCUT2D eigenvalue weighted by Gasteiger charge is 2.38. The summed E-state index contributed by atoms with van der Waals surface area (Å²) in [5.74, 6) is -0.865. The number of carbonyl (C=O) groups excluding carboxylic acids is 1. The molecule has 0 saturated heterocycles. The van der Waals surface area contributed by atoms with Crippen LogP contribution in [0.25, 0.3) is 0 Å². The van der Waals surface area contributed by atoms with E-state index >= 15 is 0 Å². The van der Waals surface area contributed by atoms with E-state index in [9.17, 15) is 9.90 Å². The van der Waals surface area contributed by atoms with Gasteiger partial charge in [-0.25, -0.2) is 0 Å². The van der Waals surface area contributed by atoms with Crippen molar-refractivity contribution in [2.24, 2.45) is 5.92 Å². The number of carbonyl (C=O) groups is 1. The SMILES string of the molecule is CC(C)C[C@H](NC(c1ccccc1)(c1ccccc1)c1ccccc1)C(=O)[O-].CC[NH2+]CC. The van der Waals surface area contributed by atoms with E-state index in [2.05, 4.69) is 24.5 Å². The molecule has 0 aliphatic heterocycles. The normalized spacial score (nSPS) is 12.0. The van der Waals surface area contributed by atoms with Gasteiger partial charge in [-0.2, -0.15) is 0 Å². The molecule has 3 N–H and O–H groups in total. The van der Waals surface area contributed by atoms with Crippen LogP contribution in [0.4, 0.5) is 0 Å². The first-order chi connectivity index (χ1) is 16.0. The van der Waals surface area contributed by atoms with E-state index in [1.165, 1.54) is 13.1 Å². The third kappa shape index (κ3) is 7.28. The topological polar surface area (TPSA) is 68.8 Å². The second-order valence-electron chi connectivity index (χ2n) is 8.60. The fourth-order valence-electron chi connectivity index (χ4n) is 4.05. The molecule has 33 heavy (non-hydrogen) atoms. The third-order valence-corrected chi connectivity index (χ3v) is 5.58. The maximum Gasteiger partial charge on any atom is 0.0953 e. The predicted molar refractivity (Wildman–Crippen MR) is 134 cm³/mol. The number of benzene rings is 3. The highest BCUT2D eigenvalue weighted by atomic mass is 16.4. The smallest absolute Gasteiger partial charge is 0.0953 e. The molecule has 0 aliphatic carbocycles. The fraction of sp³-hybridized carbons (Fsp3) is 0.345. The van der Waals surface area contributed by atoms with Crippen molar-refractivity contribution in [3.63, 3.8) is 0 Å². The summed E-state index contributed by atoms with van der Waals surface area (Å²) < 4.78 is 0. The van der Waals surface area contributed by atoms with Crippen molar-refractivity contribution < 1.29 is 15.2 Å². The van der Waals surface area contributed by atoms with Gasteiger partial charge in [-0.15, -0.1) is 0 Å². The number of nitrogens with two attached hydrogens (primary N) is 1. The van der Waals surface area contributed by atoms with Crippen molar-refractivity contribution in [2.75, 3.05) is 13.1 Å². The summed E-state index contributed by atoms with van der Waals surface area (Å²) in [5, 5.41) is 17.8. The average Bonchev–Trinajstić information content (AvgIpc) is 2.84. The van der Waals surface area contributed by atoms with Gasteiger partial charge in [0.2, 0.25) is 0 Å². The number of aliphatic carboxylic acids is 1. The molecule has 1 atom stereocenters. The van der Waals surface area contributed by atoms with Crippen LogP contribution in [0.3, 0.4) is 0 Å². The lowest BCUT2D eigenvalue weighted by Gasteiger charge is -2.41. The minimum atomic E-state index is -1.08. The summed E-state index contributed by atoms with van der Waals surface area (Å²) in [6.07, 6.45) is 0.483. The Kier molecular flexibility index (Phi) is 10.8. The van der Waals surface area contributed by atoms with Crippen LogP contribution in [0.1, 0.15) is 50.8 Å². The Morgan fingerprint density at radius 3 is 1.39 bits per heavy atom. The number of quaternary nitrogens is 1. The number of nitrogens with one attached hydrogen (secondary N) is 1. The Bertz CT molecular complexity index is 829. The van der Waals surface area contributed by atoms with Crippen LogP contribution in [0.5, 0.6) is 0 Å². The fourth-order valence-corrected chi connectivity index (χ4v) is 4.05. The van der Waals surface area contributed by atoms with Gasteiger partial charge in [-0.1, -0.05) is 105 Å². The van der Waals surface area contributed by atoms with Crippen molar-refractivity contribution in [3.05, 3.63) is 108 Å². The zero-order chi connectivity index (χ0) is 24.1. The van der Waals surface area contributed by atoms with E-state index in [4.69, 9.17) is 0 Å². The van der Waals surface area contributed by atoms with Gasteiger partial charge in [-0.05, 0) is 42.9 Å². The molecular weight excluding hydrogens is 408 g/mol. The molecule has 0 fully saturated rings. The summed E-state index contributed by atoms with van der Waals surface area (Å²) in [5.41, 5.74) is 2.16. The lowest BCUT2D eigenvalue weighted by Crippen LogP contribution is -2.82. The zero-order valence-corrected chi connectivity index (χ0v) is 20.3. The standard InChI is InChI=1S/C25H27NO2.C4H11N/c1-19(2)18-23(24(27)28)26-25(20-12-6-3-7-13-20,21-14-8-4-9-15-21)22-16-10-5-11-17-22;1-3-5-4-2/h3-17,19,23,26H,18H2,1-2H3,(H,27,28);5H,3-4H2,1-2H3/t23-;/m0./s1. The van der Waals surface area contributed by atoms with Crippen LogP contribution in [-0.4, -0.2) is 25.1 Å². The predicted octanol–water partition coefficient (Wildman–Crippen LogP) is 3.32. The number of hydrogen-bond donors (Lipinski definition) is 2. The van der Waals surface area contributed by atoms with E-state index in [-0.39, 0.29) is 5.92 Å². The maximum absolute atomic E-state index is 12.0. The Morgan fingerprint density at radius 1 is 0.788 bits per heavy atom. The molecule has 0 aliphatic rings. The summed E-state index contributed by atoms with van der Waals surface area (Å²) in [7, 11) is 0. The Balaban J connectivity index is 0.000000696. The molecule has 0 radical (unpaired) electrons. The van der Waals surface area contributed by atoms with Crippen LogP contribution >= 0.6 is 0 Å². The molecule has 0 saturated carbocycles. The molecule has 3 aromatic rings. The Hall–Kier alpha value is -2.95. The van der Waals surface area contributed by atoms with Crippen LogP contribution in [0.2, 0.25) is 0 Å². The lowest BCUT2D eigenvalue weighted by atomic mass is 9.76.